The molecule has 2 heterocycles. The van der Waals surface area contributed by atoms with Crippen LogP contribution in [-0.4, -0.2) is 52.4 Å². The predicted octanol–water partition coefficient (Wildman–Crippen LogP) is 5.15. The first-order valence-electron chi connectivity index (χ1n) is 12.1. The number of rotatable bonds is 5. The average molecular weight is 530 g/mol. The van der Waals surface area contributed by atoms with Crippen molar-refractivity contribution in [2.75, 3.05) is 26.7 Å². The van der Waals surface area contributed by atoms with Gasteiger partial charge in [0.25, 0.3) is 0 Å². The van der Waals surface area contributed by atoms with Crippen LogP contribution in [0.4, 0.5) is 4.39 Å². The lowest BCUT2D eigenvalue weighted by molar-refractivity contribution is -0.0152. The Morgan fingerprint density at radius 2 is 1.97 bits per heavy atom. The minimum absolute atomic E-state index is 0.0217. The van der Waals surface area contributed by atoms with Gasteiger partial charge in [-0.1, -0.05) is 22.0 Å². The van der Waals surface area contributed by atoms with Gasteiger partial charge in [0.15, 0.2) is 0 Å². The topological polar surface area (TPSA) is 50.5 Å². The quantitative estimate of drug-likeness (QED) is 0.496. The molecule has 5 rings (SSSR count). The second-order valence-electron chi connectivity index (χ2n) is 10.5. The van der Waals surface area contributed by atoms with Crippen molar-refractivity contribution in [3.8, 4) is 0 Å². The lowest BCUT2D eigenvalue weighted by Crippen LogP contribution is -2.47. The number of aromatic nitrogens is 2. The van der Waals surface area contributed by atoms with Gasteiger partial charge >= 0.3 is 0 Å². The van der Waals surface area contributed by atoms with E-state index in [-0.39, 0.29) is 18.0 Å². The first kappa shape index (κ1) is 23.9. The van der Waals surface area contributed by atoms with Crippen LogP contribution in [0.2, 0.25) is 0 Å². The molecule has 2 aromatic carbocycles. The molecule has 7 heteroatoms. The molecular formula is C27H33BrFN3O2. The normalized spacial score (nSPS) is 23.6. The summed E-state index contributed by atoms with van der Waals surface area (Å²) in [7, 11) is 1.75. The Hall–Kier alpha value is -1.80. The molecule has 1 aliphatic heterocycles. The van der Waals surface area contributed by atoms with Gasteiger partial charge in [-0.2, -0.15) is 0 Å². The number of aliphatic hydroxyl groups is 1. The van der Waals surface area contributed by atoms with E-state index in [0.29, 0.717) is 22.8 Å². The summed E-state index contributed by atoms with van der Waals surface area (Å²) in [6.07, 6.45) is 3.01. The largest absolute Gasteiger partial charge is 0.383 e. The molecule has 2 aliphatic rings. The smallest absolute Gasteiger partial charge is 0.141 e. The highest BCUT2D eigenvalue weighted by molar-refractivity contribution is 9.10. The second kappa shape index (κ2) is 9.01. The van der Waals surface area contributed by atoms with Crippen LogP contribution < -0.4 is 0 Å². The number of benzene rings is 2. The Bertz CT molecular complexity index is 1220. The van der Waals surface area contributed by atoms with Gasteiger partial charge in [-0.05, 0) is 80.8 Å². The van der Waals surface area contributed by atoms with E-state index in [1.165, 1.54) is 11.1 Å². The molecular weight excluding hydrogens is 497 g/mol. The molecule has 1 aromatic heterocycles. The highest BCUT2D eigenvalue weighted by atomic mass is 79.9. The molecule has 0 bridgehead atoms. The summed E-state index contributed by atoms with van der Waals surface area (Å²) < 4.78 is 23.7. The number of hydrogen-bond acceptors (Lipinski definition) is 4. The third-order valence-electron chi connectivity index (χ3n) is 7.46. The molecule has 0 amide bonds. The molecule has 1 saturated heterocycles. The number of likely N-dealkylation sites (tertiary alicyclic amines) is 1. The maximum Gasteiger partial charge on any atom is 0.141 e. The molecule has 1 aliphatic carbocycles. The van der Waals surface area contributed by atoms with Crippen molar-refractivity contribution in [1.82, 2.24) is 14.5 Å². The summed E-state index contributed by atoms with van der Waals surface area (Å²) in [5, 5.41) is 10.9. The van der Waals surface area contributed by atoms with Crippen LogP contribution in [0, 0.1) is 18.7 Å². The summed E-state index contributed by atoms with van der Waals surface area (Å²) in [4.78, 5) is 7.24. The maximum absolute atomic E-state index is 14.6. The van der Waals surface area contributed by atoms with Gasteiger partial charge in [0.2, 0.25) is 0 Å². The van der Waals surface area contributed by atoms with Crippen LogP contribution in [0.25, 0.3) is 11.0 Å². The van der Waals surface area contributed by atoms with Gasteiger partial charge in [0.1, 0.15) is 17.2 Å². The molecule has 0 unspecified atom stereocenters. The number of imidazole rings is 1. The van der Waals surface area contributed by atoms with Crippen molar-refractivity contribution >= 4 is 27.0 Å². The molecule has 3 aromatic rings. The number of halogens is 2. The van der Waals surface area contributed by atoms with Crippen molar-refractivity contribution in [2.45, 2.75) is 57.8 Å². The van der Waals surface area contributed by atoms with E-state index in [1.54, 1.807) is 40.0 Å². The van der Waals surface area contributed by atoms with Crippen LogP contribution >= 0.6 is 15.9 Å². The number of aryl methyl sites for hydroxylation is 1. The third-order valence-corrected chi connectivity index (χ3v) is 7.96. The zero-order valence-corrected chi connectivity index (χ0v) is 21.9. The highest BCUT2D eigenvalue weighted by Gasteiger charge is 2.37. The standard InChI is InChI=1S/C27H33BrFN3O2/c1-16-9-22-24(13-21(16)29)32(26(30-22)27(2,3)33)23-7-8-31(15-25(23)34-4)14-17-10-18-5-6-20(28)12-19(18)11-17/h5-6,9,12-13,17,23,25,33H,7-8,10-11,14-15H2,1-4H3/t17-,23+,25+/m0/s1. The Morgan fingerprint density at radius 1 is 1.21 bits per heavy atom. The minimum Gasteiger partial charge on any atom is -0.383 e. The maximum atomic E-state index is 14.6. The van der Waals surface area contributed by atoms with Crippen molar-refractivity contribution < 1.29 is 14.2 Å². The van der Waals surface area contributed by atoms with E-state index in [9.17, 15) is 9.50 Å². The van der Waals surface area contributed by atoms with E-state index in [4.69, 9.17) is 9.72 Å². The summed E-state index contributed by atoms with van der Waals surface area (Å²) in [6.45, 7) is 7.99. The molecule has 3 atom stereocenters. The lowest BCUT2D eigenvalue weighted by atomic mass is 9.97. The van der Waals surface area contributed by atoms with Crippen LogP contribution in [0.3, 0.4) is 0 Å². The Balaban J connectivity index is 1.39. The molecule has 0 spiro atoms. The Morgan fingerprint density at radius 3 is 2.71 bits per heavy atom. The molecule has 1 fully saturated rings. The number of piperidine rings is 1. The van der Waals surface area contributed by atoms with Crippen molar-refractivity contribution in [3.05, 3.63) is 63.1 Å². The second-order valence-corrected chi connectivity index (χ2v) is 11.4. The molecule has 1 N–H and O–H groups in total. The van der Waals surface area contributed by atoms with E-state index < -0.39 is 5.60 Å². The average Bonchev–Trinajstić information content (AvgIpc) is 3.34. The van der Waals surface area contributed by atoms with Crippen molar-refractivity contribution in [2.24, 2.45) is 5.92 Å². The van der Waals surface area contributed by atoms with Gasteiger partial charge in [-0.25, -0.2) is 9.37 Å². The monoisotopic (exact) mass is 529 g/mol. The summed E-state index contributed by atoms with van der Waals surface area (Å²) in [5.41, 5.74) is 3.75. The third kappa shape index (κ3) is 4.43. The van der Waals surface area contributed by atoms with Crippen LogP contribution in [0.1, 0.15) is 48.8 Å². The number of methoxy groups -OCH3 is 1. The predicted molar refractivity (Wildman–Crippen MR) is 136 cm³/mol. The fraction of sp³-hybridized carbons (Fsp3) is 0.519. The van der Waals surface area contributed by atoms with E-state index in [1.807, 2.05) is 4.57 Å². The molecule has 182 valence electrons. The van der Waals surface area contributed by atoms with Crippen LogP contribution in [0.15, 0.2) is 34.8 Å². The van der Waals surface area contributed by atoms with Crippen molar-refractivity contribution in [3.63, 3.8) is 0 Å². The first-order valence-corrected chi connectivity index (χ1v) is 12.9. The summed E-state index contributed by atoms with van der Waals surface area (Å²) in [5.74, 6) is 0.913. The SMILES string of the molecule is CO[C@@H]1CN(C[C@H]2Cc3ccc(Br)cc3C2)CC[C@H]1n1c(C(C)(C)O)nc2cc(C)c(F)cc21. The van der Waals surface area contributed by atoms with Gasteiger partial charge in [-0.3, -0.25) is 0 Å². The Labute approximate surface area is 209 Å². The molecule has 0 saturated carbocycles. The fourth-order valence-corrected chi connectivity index (χ4v) is 6.23. The fourth-order valence-electron chi connectivity index (χ4n) is 5.82. The molecule has 34 heavy (non-hydrogen) atoms. The van der Waals surface area contributed by atoms with Crippen molar-refractivity contribution in [1.29, 1.82) is 0 Å². The number of hydrogen-bond donors (Lipinski definition) is 1. The van der Waals surface area contributed by atoms with Crippen LogP contribution in [0.5, 0.6) is 0 Å². The van der Waals surface area contributed by atoms with Gasteiger partial charge in [0.05, 0.1) is 23.2 Å². The highest BCUT2D eigenvalue weighted by Crippen LogP contribution is 2.36. The first-order chi connectivity index (χ1) is 16.1. The minimum atomic E-state index is -1.15. The zero-order chi connectivity index (χ0) is 24.2. The van der Waals surface area contributed by atoms with Gasteiger partial charge in [-0.15, -0.1) is 0 Å². The van der Waals surface area contributed by atoms with Gasteiger partial charge < -0.3 is 19.3 Å². The summed E-state index contributed by atoms with van der Waals surface area (Å²) >= 11 is 3.60. The molecule has 5 nitrogen and oxygen atoms in total. The molecule has 0 radical (unpaired) electrons. The van der Waals surface area contributed by atoms with E-state index in [2.05, 4.69) is 39.0 Å². The van der Waals surface area contributed by atoms with E-state index in [0.717, 1.165) is 48.9 Å². The lowest BCUT2D eigenvalue weighted by Gasteiger charge is -2.40. The van der Waals surface area contributed by atoms with Crippen LogP contribution in [-0.2, 0) is 23.2 Å². The number of ether oxygens (including phenoxy) is 1. The van der Waals surface area contributed by atoms with E-state index >= 15 is 0 Å². The number of fused-ring (bicyclic) bond motifs is 2. The number of nitrogens with zero attached hydrogens (tertiary/aromatic N) is 3. The summed E-state index contributed by atoms with van der Waals surface area (Å²) in [6, 6.07) is 9.93. The Kier molecular flexibility index (Phi) is 6.34. The zero-order valence-electron chi connectivity index (χ0n) is 20.3. The van der Waals surface area contributed by atoms with Gasteiger partial charge in [0, 0.05) is 37.3 Å².